The molecule has 1 fully saturated rings. The molecular formula is C19H20ClNO3. The van der Waals surface area contributed by atoms with Gasteiger partial charge in [0.2, 0.25) is 5.91 Å². The molecule has 1 heterocycles. The summed E-state index contributed by atoms with van der Waals surface area (Å²) < 4.78 is 0. The minimum Gasteiger partial charge on any atom is -0.508 e. The SMILES string of the molecule is Cc1cc(O)c(C(C)C)cc1N1C(=O)C(Cl)C1c1ccc(O)cc1. The average molecular weight is 346 g/mol. The molecule has 4 nitrogen and oxygen atoms in total. The van der Waals surface area contributed by atoms with Crippen LogP contribution >= 0.6 is 11.6 Å². The predicted molar refractivity (Wildman–Crippen MR) is 94.9 cm³/mol. The summed E-state index contributed by atoms with van der Waals surface area (Å²) >= 11 is 6.27. The maximum absolute atomic E-state index is 12.4. The molecule has 2 aromatic carbocycles. The second-order valence-corrected chi connectivity index (χ2v) is 6.97. The van der Waals surface area contributed by atoms with Gasteiger partial charge in [0.15, 0.2) is 0 Å². The molecule has 2 N–H and O–H groups in total. The Balaban J connectivity index is 2.05. The molecule has 0 aliphatic carbocycles. The summed E-state index contributed by atoms with van der Waals surface area (Å²) in [6.07, 6.45) is 0. The van der Waals surface area contributed by atoms with Gasteiger partial charge in [-0.15, -0.1) is 11.6 Å². The van der Waals surface area contributed by atoms with E-state index in [9.17, 15) is 15.0 Å². The van der Waals surface area contributed by atoms with Gasteiger partial charge in [-0.2, -0.15) is 0 Å². The third-order valence-electron chi connectivity index (χ3n) is 4.49. The first kappa shape index (κ1) is 16.7. The largest absolute Gasteiger partial charge is 0.508 e. The third kappa shape index (κ3) is 2.61. The summed E-state index contributed by atoms with van der Waals surface area (Å²) in [6.45, 7) is 5.85. The first-order chi connectivity index (χ1) is 11.3. The maximum Gasteiger partial charge on any atom is 0.248 e. The lowest BCUT2D eigenvalue weighted by molar-refractivity contribution is -0.123. The van der Waals surface area contributed by atoms with Gasteiger partial charge in [-0.3, -0.25) is 4.79 Å². The number of carbonyl (C=O) groups excluding carboxylic acids is 1. The Hall–Kier alpha value is -2.20. The Morgan fingerprint density at radius 2 is 1.75 bits per heavy atom. The molecule has 0 bridgehead atoms. The number of phenols is 2. The molecule has 2 unspecified atom stereocenters. The molecular weight excluding hydrogens is 326 g/mol. The van der Waals surface area contributed by atoms with E-state index in [1.165, 1.54) is 0 Å². The van der Waals surface area contributed by atoms with Crippen molar-refractivity contribution in [2.24, 2.45) is 0 Å². The van der Waals surface area contributed by atoms with Crippen LogP contribution in [-0.4, -0.2) is 21.5 Å². The van der Waals surface area contributed by atoms with E-state index < -0.39 is 5.38 Å². The number of nitrogens with zero attached hydrogens (tertiary/aromatic N) is 1. The molecule has 1 aliphatic heterocycles. The van der Waals surface area contributed by atoms with Crippen molar-refractivity contribution in [2.75, 3.05) is 4.90 Å². The highest BCUT2D eigenvalue weighted by molar-refractivity contribution is 6.37. The molecule has 1 aliphatic rings. The van der Waals surface area contributed by atoms with Crippen molar-refractivity contribution >= 4 is 23.2 Å². The highest BCUT2D eigenvalue weighted by Gasteiger charge is 2.48. The van der Waals surface area contributed by atoms with Crippen molar-refractivity contribution in [3.63, 3.8) is 0 Å². The number of carbonyl (C=O) groups is 1. The molecule has 0 aromatic heterocycles. The number of benzene rings is 2. The Bertz CT molecular complexity index is 786. The maximum atomic E-state index is 12.4. The van der Waals surface area contributed by atoms with E-state index in [2.05, 4.69) is 0 Å². The molecule has 0 radical (unpaired) electrons. The number of anilines is 1. The van der Waals surface area contributed by atoms with E-state index in [1.54, 1.807) is 35.2 Å². The molecule has 24 heavy (non-hydrogen) atoms. The molecule has 0 saturated carbocycles. The van der Waals surface area contributed by atoms with Crippen LogP contribution in [0.1, 0.15) is 42.5 Å². The second-order valence-electron chi connectivity index (χ2n) is 6.50. The van der Waals surface area contributed by atoms with Crippen LogP contribution in [0, 0.1) is 6.92 Å². The molecule has 126 valence electrons. The smallest absolute Gasteiger partial charge is 0.248 e. The van der Waals surface area contributed by atoms with Gasteiger partial charge in [0.25, 0.3) is 0 Å². The molecule has 2 atom stereocenters. The summed E-state index contributed by atoms with van der Waals surface area (Å²) in [5.74, 6) is 0.394. The van der Waals surface area contributed by atoms with E-state index in [1.807, 2.05) is 26.8 Å². The fraction of sp³-hybridized carbons (Fsp3) is 0.316. The van der Waals surface area contributed by atoms with Gasteiger partial charge in [-0.25, -0.2) is 0 Å². The van der Waals surface area contributed by atoms with Crippen LogP contribution < -0.4 is 4.90 Å². The highest BCUT2D eigenvalue weighted by Crippen LogP contribution is 2.45. The molecule has 2 aromatic rings. The lowest BCUT2D eigenvalue weighted by Gasteiger charge is -2.45. The van der Waals surface area contributed by atoms with Crippen LogP contribution in [0.25, 0.3) is 0 Å². The molecule has 1 amide bonds. The fourth-order valence-corrected chi connectivity index (χ4v) is 3.49. The summed E-state index contributed by atoms with van der Waals surface area (Å²) in [4.78, 5) is 14.1. The van der Waals surface area contributed by atoms with E-state index in [4.69, 9.17) is 11.6 Å². The van der Waals surface area contributed by atoms with Crippen LogP contribution in [0.4, 0.5) is 5.69 Å². The van der Waals surface area contributed by atoms with Crippen molar-refractivity contribution in [3.05, 3.63) is 53.1 Å². The van der Waals surface area contributed by atoms with Crippen LogP contribution in [0.3, 0.4) is 0 Å². The van der Waals surface area contributed by atoms with Gasteiger partial charge in [0.05, 0.1) is 6.04 Å². The van der Waals surface area contributed by atoms with Crippen LogP contribution in [0.5, 0.6) is 11.5 Å². The Kier molecular flexibility index (Phi) is 4.18. The van der Waals surface area contributed by atoms with Crippen molar-refractivity contribution in [1.29, 1.82) is 0 Å². The summed E-state index contributed by atoms with van der Waals surface area (Å²) in [5.41, 5.74) is 3.24. The van der Waals surface area contributed by atoms with Crippen molar-refractivity contribution in [2.45, 2.75) is 38.1 Å². The Morgan fingerprint density at radius 3 is 2.33 bits per heavy atom. The van der Waals surface area contributed by atoms with Crippen LogP contribution in [0.15, 0.2) is 36.4 Å². The number of β-lactam (4-membered cyclic amide) rings is 1. The van der Waals surface area contributed by atoms with Gasteiger partial charge in [0.1, 0.15) is 16.9 Å². The predicted octanol–water partition coefficient (Wildman–Crippen LogP) is 4.22. The molecule has 0 spiro atoms. The monoisotopic (exact) mass is 345 g/mol. The van der Waals surface area contributed by atoms with Crippen LogP contribution in [0.2, 0.25) is 0 Å². The van der Waals surface area contributed by atoms with Gasteiger partial charge >= 0.3 is 0 Å². The number of aryl methyl sites for hydroxylation is 1. The third-order valence-corrected chi connectivity index (χ3v) is 4.92. The standard InChI is InChI=1S/C19H20ClNO3/c1-10(2)14-9-15(11(3)8-16(14)23)21-18(17(20)19(21)24)12-4-6-13(22)7-5-12/h4-10,17-18,22-23H,1-3H3. The first-order valence-corrected chi connectivity index (χ1v) is 8.34. The van der Waals surface area contributed by atoms with E-state index in [-0.39, 0.29) is 29.4 Å². The van der Waals surface area contributed by atoms with Gasteiger partial charge in [-0.1, -0.05) is 26.0 Å². The Morgan fingerprint density at radius 1 is 1.12 bits per heavy atom. The number of alkyl halides is 1. The van der Waals surface area contributed by atoms with Gasteiger partial charge in [0, 0.05) is 5.69 Å². The summed E-state index contributed by atoms with van der Waals surface area (Å²) in [5, 5.41) is 19.0. The second kappa shape index (κ2) is 6.02. The molecule has 5 heteroatoms. The van der Waals surface area contributed by atoms with Crippen molar-refractivity contribution < 1.29 is 15.0 Å². The first-order valence-electron chi connectivity index (χ1n) is 7.91. The summed E-state index contributed by atoms with van der Waals surface area (Å²) in [6, 6.07) is 9.98. The molecule has 1 saturated heterocycles. The van der Waals surface area contributed by atoms with Crippen molar-refractivity contribution in [3.8, 4) is 11.5 Å². The number of phenolic OH excluding ortho intramolecular Hbond substituents is 2. The minimum atomic E-state index is -0.634. The number of halogens is 1. The number of rotatable bonds is 3. The highest BCUT2D eigenvalue weighted by atomic mass is 35.5. The van der Waals surface area contributed by atoms with E-state index in [0.717, 1.165) is 22.4 Å². The summed E-state index contributed by atoms with van der Waals surface area (Å²) in [7, 11) is 0. The quantitative estimate of drug-likeness (QED) is 0.646. The fourth-order valence-electron chi connectivity index (χ4n) is 3.13. The lowest BCUT2D eigenvalue weighted by atomic mass is 9.90. The molecule has 3 rings (SSSR count). The zero-order valence-electron chi connectivity index (χ0n) is 13.8. The zero-order chi connectivity index (χ0) is 17.6. The number of hydrogen-bond donors (Lipinski definition) is 2. The number of aromatic hydroxyl groups is 2. The Labute approximate surface area is 146 Å². The van der Waals surface area contributed by atoms with E-state index in [0.29, 0.717) is 0 Å². The topological polar surface area (TPSA) is 60.8 Å². The lowest BCUT2D eigenvalue weighted by Crippen LogP contribution is -2.56. The average Bonchev–Trinajstić information content (AvgIpc) is 2.53. The normalized spacial score (nSPS) is 20.4. The van der Waals surface area contributed by atoms with Crippen molar-refractivity contribution in [1.82, 2.24) is 0 Å². The minimum absolute atomic E-state index is 0.139. The van der Waals surface area contributed by atoms with Gasteiger partial charge in [-0.05, 0) is 53.8 Å². The zero-order valence-corrected chi connectivity index (χ0v) is 14.6. The number of hydrogen-bond acceptors (Lipinski definition) is 3. The van der Waals surface area contributed by atoms with Gasteiger partial charge < -0.3 is 15.1 Å². The van der Waals surface area contributed by atoms with Crippen LogP contribution in [-0.2, 0) is 4.79 Å². The number of amides is 1. The van der Waals surface area contributed by atoms with E-state index >= 15 is 0 Å².